The first-order valence-corrected chi connectivity index (χ1v) is 5.37. The van der Waals surface area contributed by atoms with Crippen molar-refractivity contribution >= 4 is 11.6 Å². The molecule has 0 spiro atoms. The number of nitrogen functional groups attached to an aromatic ring is 1. The van der Waals surface area contributed by atoms with Crippen LogP contribution in [0.3, 0.4) is 0 Å². The van der Waals surface area contributed by atoms with Crippen molar-refractivity contribution in [3.05, 3.63) is 29.6 Å². The third-order valence-corrected chi connectivity index (χ3v) is 2.45. The molecule has 0 fully saturated rings. The van der Waals surface area contributed by atoms with E-state index in [0.29, 0.717) is 6.42 Å². The van der Waals surface area contributed by atoms with E-state index in [0.717, 1.165) is 12.5 Å². The van der Waals surface area contributed by atoms with E-state index in [9.17, 15) is 9.18 Å². The number of benzene rings is 1. The van der Waals surface area contributed by atoms with Gasteiger partial charge >= 0.3 is 0 Å². The second kappa shape index (κ2) is 5.90. The molecule has 4 heteroatoms. The average Bonchev–Trinajstić information content (AvgIpc) is 2.28. The number of hydrogen-bond donors (Lipinski definition) is 2. The topological polar surface area (TPSA) is 55.1 Å². The minimum Gasteiger partial charge on any atom is -0.398 e. The number of carbonyl (C=O) groups is 1. The standard InChI is InChI=1S/C13H15FN2O/c1-3-5-10(4-2)16-13(17)11-7-6-9(14)8-12(11)15/h1,6-8,10H,4-5,15H2,2H3,(H,16,17). The molecule has 0 heterocycles. The van der Waals surface area contributed by atoms with E-state index in [4.69, 9.17) is 12.2 Å². The Hall–Kier alpha value is -2.02. The summed E-state index contributed by atoms with van der Waals surface area (Å²) < 4.78 is 12.8. The van der Waals surface area contributed by atoms with Gasteiger partial charge in [0.2, 0.25) is 0 Å². The molecule has 3 nitrogen and oxygen atoms in total. The quantitative estimate of drug-likeness (QED) is 0.618. The Bertz CT molecular complexity index is 451. The largest absolute Gasteiger partial charge is 0.398 e. The molecule has 1 aromatic rings. The fourth-order valence-corrected chi connectivity index (χ4v) is 1.44. The second-order valence-corrected chi connectivity index (χ2v) is 3.72. The fraction of sp³-hybridized carbons (Fsp3) is 0.308. The lowest BCUT2D eigenvalue weighted by molar-refractivity contribution is 0.0937. The summed E-state index contributed by atoms with van der Waals surface area (Å²) in [6, 6.07) is 3.60. The molecule has 0 aliphatic rings. The van der Waals surface area contributed by atoms with E-state index in [1.807, 2.05) is 6.92 Å². The summed E-state index contributed by atoms with van der Waals surface area (Å²) in [5.41, 5.74) is 5.96. The van der Waals surface area contributed by atoms with Gasteiger partial charge in [-0.1, -0.05) is 6.92 Å². The van der Waals surface area contributed by atoms with E-state index in [1.165, 1.54) is 12.1 Å². The van der Waals surface area contributed by atoms with Crippen LogP contribution in [0.5, 0.6) is 0 Å². The SMILES string of the molecule is C#CCC(CC)NC(=O)c1ccc(F)cc1N. The Kier molecular flexibility index (Phi) is 4.53. The summed E-state index contributed by atoms with van der Waals surface area (Å²) in [6.07, 6.45) is 6.39. The van der Waals surface area contributed by atoms with Crippen molar-refractivity contribution in [2.24, 2.45) is 0 Å². The van der Waals surface area contributed by atoms with Crippen molar-refractivity contribution < 1.29 is 9.18 Å². The second-order valence-electron chi connectivity index (χ2n) is 3.72. The van der Waals surface area contributed by atoms with E-state index < -0.39 is 5.82 Å². The van der Waals surface area contributed by atoms with E-state index in [2.05, 4.69) is 11.2 Å². The number of nitrogens with two attached hydrogens (primary N) is 1. The van der Waals surface area contributed by atoms with Crippen LogP contribution in [-0.2, 0) is 0 Å². The molecule has 3 N–H and O–H groups in total. The number of rotatable bonds is 4. The van der Waals surface area contributed by atoms with Gasteiger partial charge in [0, 0.05) is 18.2 Å². The van der Waals surface area contributed by atoms with Crippen molar-refractivity contribution in [1.82, 2.24) is 5.32 Å². The summed E-state index contributed by atoms with van der Waals surface area (Å²) in [5, 5.41) is 2.76. The van der Waals surface area contributed by atoms with Crippen LogP contribution in [0, 0.1) is 18.2 Å². The number of amides is 1. The van der Waals surface area contributed by atoms with Gasteiger partial charge in [0.25, 0.3) is 5.91 Å². The molecule has 0 saturated carbocycles. The van der Waals surface area contributed by atoms with Crippen molar-refractivity contribution in [2.75, 3.05) is 5.73 Å². The maximum absolute atomic E-state index is 12.8. The predicted molar refractivity (Wildman–Crippen MR) is 65.8 cm³/mol. The highest BCUT2D eigenvalue weighted by Crippen LogP contribution is 2.13. The molecule has 17 heavy (non-hydrogen) atoms. The molecule has 1 aromatic carbocycles. The van der Waals surface area contributed by atoms with Gasteiger partial charge < -0.3 is 11.1 Å². The molecule has 90 valence electrons. The summed E-state index contributed by atoms with van der Waals surface area (Å²) >= 11 is 0. The van der Waals surface area contributed by atoms with Crippen LogP contribution >= 0.6 is 0 Å². The maximum Gasteiger partial charge on any atom is 0.253 e. The zero-order valence-corrected chi connectivity index (χ0v) is 9.66. The molecule has 0 aliphatic carbocycles. The molecular formula is C13H15FN2O. The third kappa shape index (κ3) is 3.49. The summed E-state index contributed by atoms with van der Waals surface area (Å²) in [4.78, 5) is 11.8. The van der Waals surface area contributed by atoms with Crippen LogP contribution in [0.25, 0.3) is 0 Å². The van der Waals surface area contributed by atoms with Gasteiger partial charge in [-0.15, -0.1) is 12.3 Å². The monoisotopic (exact) mass is 234 g/mol. The Labute approximate surface area is 100 Å². The first-order valence-electron chi connectivity index (χ1n) is 5.37. The van der Waals surface area contributed by atoms with Crippen LogP contribution in [0.15, 0.2) is 18.2 Å². The zero-order valence-electron chi connectivity index (χ0n) is 9.66. The van der Waals surface area contributed by atoms with Gasteiger partial charge in [0.1, 0.15) is 5.82 Å². The van der Waals surface area contributed by atoms with Gasteiger partial charge in [-0.2, -0.15) is 0 Å². The average molecular weight is 234 g/mol. The molecule has 1 unspecified atom stereocenters. The molecule has 0 radical (unpaired) electrons. The lowest BCUT2D eigenvalue weighted by Crippen LogP contribution is -2.34. The molecule has 1 amide bonds. The van der Waals surface area contributed by atoms with Crippen molar-refractivity contribution in [2.45, 2.75) is 25.8 Å². The smallest absolute Gasteiger partial charge is 0.253 e. The summed E-state index contributed by atoms with van der Waals surface area (Å²) in [5.74, 6) is 1.70. The molecule has 0 aliphatic heterocycles. The van der Waals surface area contributed by atoms with Gasteiger partial charge in [0.05, 0.1) is 5.56 Å². The Balaban J connectivity index is 2.79. The van der Waals surface area contributed by atoms with Crippen molar-refractivity contribution in [1.29, 1.82) is 0 Å². The van der Waals surface area contributed by atoms with E-state index in [1.54, 1.807) is 0 Å². The molecule has 0 aromatic heterocycles. The Morgan fingerprint density at radius 3 is 2.88 bits per heavy atom. The number of nitrogens with one attached hydrogen (secondary N) is 1. The number of terminal acetylenes is 1. The fourth-order valence-electron chi connectivity index (χ4n) is 1.44. The minimum absolute atomic E-state index is 0.0862. The van der Waals surface area contributed by atoms with Crippen molar-refractivity contribution in [3.8, 4) is 12.3 Å². The highest BCUT2D eigenvalue weighted by molar-refractivity contribution is 5.99. The number of halogens is 1. The van der Waals surface area contributed by atoms with Crippen LogP contribution in [0.4, 0.5) is 10.1 Å². The lowest BCUT2D eigenvalue weighted by atomic mass is 10.1. The Morgan fingerprint density at radius 1 is 1.65 bits per heavy atom. The van der Waals surface area contributed by atoms with Crippen LogP contribution in [0.1, 0.15) is 30.1 Å². The van der Waals surface area contributed by atoms with Gasteiger partial charge in [-0.05, 0) is 24.6 Å². The first kappa shape index (κ1) is 13.0. The molecular weight excluding hydrogens is 219 g/mol. The van der Waals surface area contributed by atoms with E-state index >= 15 is 0 Å². The molecule has 0 bridgehead atoms. The zero-order chi connectivity index (χ0) is 12.8. The number of hydrogen-bond acceptors (Lipinski definition) is 2. The lowest BCUT2D eigenvalue weighted by Gasteiger charge is -2.15. The first-order chi connectivity index (χ1) is 8.08. The van der Waals surface area contributed by atoms with Gasteiger partial charge in [0.15, 0.2) is 0 Å². The summed E-state index contributed by atoms with van der Waals surface area (Å²) in [6.45, 7) is 1.93. The third-order valence-electron chi connectivity index (χ3n) is 2.45. The normalized spacial score (nSPS) is 11.6. The predicted octanol–water partition coefficient (Wildman–Crippen LogP) is 1.94. The maximum atomic E-state index is 12.8. The molecule has 1 atom stereocenters. The Morgan fingerprint density at radius 2 is 2.35 bits per heavy atom. The van der Waals surface area contributed by atoms with Crippen LogP contribution in [-0.4, -0.2) is 11.9 Å². The van der Waals surface area contributed by atoms with Crippen LogP contribution < -0.4 is 11.1 Å². The van der Waals surface area contributed by atoms with Crippen molar-refractivity contribution in [3.63, 3.8) is 0 Å². The summed E-state index contributed by atoms with van der Waals surface area (Å²) in [7, 11) is 0. The van der Waals surface area contributed by atoms with Gasteiger partial charge in [-0.3, -0.25) is 4.79 Å². The molecule has 1 rings (SSSR count). The number of carbonyl (C=O) groups excluding carboxylic acids is 1. The highest BCUT2D eigenvalue weighted by Gasteiger charge is 2.14. The van der Waals surface area contributed by atoms with E-state index in [-0.39, 0.29) is 23.2 Å². The van der Waals surface area contributed by atoms with Crippen LogP contribution in [0.2, 0.25) is 0 Å². The highest BCUT2D eigenvalue weighted by atomic mass is 19.1. The number of anilines is 1. The minimum atomic E-state index is -0.463. The van der Waals surface area contributed by atoms with Gasteiger partial charge in [-0.25, -0.2) is 4.39 Å². The molecule has 0 saturated heterocycles.